The Bertz CT molecular complexity index is 205. The van der Waals surface area contributed by atoms with E-state index in [1.54, 1.807) is 0 Å². The van der Waals surface area contributed by atoms with E-state index in [1.807, 2.05) is 0 Å². The molecule has 0 aliphatic carbocycles. The van der Waals surface area contributed by atoms with E-state index < -0.39 is 0 Å². The number of nitrogens with zero attached hydrogens (tertiary/aromatic N) is 2. The average Bonchev–Trinajstić information content (AvgIpc) is 2.53. The zero-order valence-electron chi connectivity index (χ0n) is 12.2. The maximum Gasteiger partial charge on any atom is 0.0685 e. The van der Waals surface area contributed by atoms with Crippen molar-refractivity contribution in [1.82, 2.24) is 20.6 Å². The van der Waals surface area contributed by atoms with E-state index in [4.69, 9.17) is 4.84 Å². The van der Waals surface area contributed by atoms with Crippen LogP contribution in [-0.4, -0.2) is 75.5 Å². The van der Waals surface area contributed by atoms with E-state index >= 15 is 0 Å². The minimum atomic E-state index is 0.892. The van der Waals surface area contributed by atoms with Crippen molar-refractivity contribution in [2.45, 2.75) is 25.7 Å². The molecule has 2 rings (SSSR count). The van der Waals surface area contributed by atoms with Crippen molar-refractivity contribution in [3.63, 3.8) is 0 Å². The van der Waals surface area contributed by atoms with Gasteiger partial charge in [-0.3, -0.25) is 4.84 Å². The average molecular weight is 270 g/mol. The second kappa shape index (κ2) is 9.66. The molecule has 0 amide bonds. The van der Waals surface area contributed by atoms with Gasteiger partial charge in [-0.05, 0) is 51.9 Å². The molecule has 0 aromatic carbocycles. The summed E-state index contributed by atoms with van der Waals surface area (Å²) in [5.41, 5.74) is 0. The predicted molar refractivity (Wildman–Crippen MR) is 78.2 cm³/mol. The molecule has 5 heteroatoms. The molecule has 2 bridgehead atoms. The predicted octanol–water partition coefficient (Wildman–Crippen LogP) is 0.289. The molecule has 2 unspecified atom stereocenters. The summed E-state index contributed by atoms with van der Waals surface area (Å²) >= 11 is 0. The third kappa shape index (κ3) is 6.68. The lowest BCUT2D eigenvalue weighted by atomic mass is 10.3. The Morgan fingerprint density at radius 3 is 2.21 bits per heavy atom. The van der Waals surface area contributed by atoms with Crippen LogP contribution in [0, 0.1) is 0 Å². The second-order valence-corrected chi connectivity index (χ2v) is 5.52. The van der Waals surface area contributed by atoms with Crippen molar-refractivity contribution < 1.29 is 4.84 Å². The highest BCUT2D eigenvalue weighted by Gasteiger charge is 2.12. The standard InChI is InChI=1S/C14H30N4O/c1-2-14-19-18-11-4-6-16-8-7-15-5-3-10-17(9-1)12-13-18/h15-16H,1-14H2. The van der Waals surface area contributed by atoms with Crippen LogP contribution < -0.4 is 10.6 Å². The molecule has 2 saturated heterocycles. The molecule has 112 valence electrons. The first-order valence-corrected chi connectivity index (χ1v) is 7.97. The van der Waals surface area contributed by atoms with Gasteiger partial charge in [0.05, 0.1) is 6.61 Å². The van der Waals surface area contributed by atoms with Crippen molar-refractivity contribution in [1.29, 1.82) is 0 Å². The monoisotopic (exact) mass is 270 g/mol. The maximum absolute atomic E-state index is 5.88. The van der Waals surface area contributed by atoms with Gasteiger partial charge in [0.15, 0.2) is 0 Å². The van der Waals surface area contributed by atoms with Gasteiger partial charge < -0.3 is 15.5 Å². The van der Waals surface area contributed by atoms with Crippen LogP contribution in [0.25, 0.3) is 0 Å². The van der Waals surface area contributed by atoms with Gasteiger partial charge >= 0.3 is 0 Å². The topological polar surface area (TPSA) is 39.8 Å². The minimum Gasteiger partial charge on any atom is -0.315 e. The highest BCUT2D eigenvalue weighted by molar-refractivity contribution is 4.65. The summed E-state index contributed by atoms with van der Waals surface area (Å²) < 4.78 is 0. The van der Waals surface area contributed by atoms with E-state index in [2.05, 4.69) is 20.6 Å². The zero-order chi connectivity index (χ0) is 13.2. The fourth-order valence-electron chi connectivity index (χ4n) is 2.70. The van der Waals surface area contributed by atoms with E-state index in [0.29, 0.717) is 0 Å². The first kappa shape index (κ1) is 15.2. The van der Waals surface area contributed by atoms with Crippen LogP contribution in [0.4, 0.5) is 0 Å². The van der Waals surface area contributed by atoms with Crippen LogP contribution in [0.2, 0.25) is 0 Å². The molecule has 2 heterocycles. The summed E-state index contributed by atoms with van der Waals surface area (Å²) in [7, 11) is 0. The summed E-state index contributed by atoms with van der Waals surface area (Å²) in [4.78, 5) is 8.48. The highest BCUT2D eigenvalue weighted by atomic mass is 16.7. The van der Waals surface area contributed by atoms with Crippen LogP contribution >= 0.6 is 0 Å². The summed E-state index contributed by atoms with van der Waals surface area (Å²) in [6, 6.07) is 0. The minimum absolute atomic E-state index is 0.892. The largest absolute Gasteiger partial charge is 0.315 e. The lowest BCUT2D eigenvalue weighted by molar-refractivity contribution is -0.159. The number of hydroxylamine groups is 2. The fraction of sp³-hybridized carbons (Fsp3) is 1.00. The third-order valence-corrected chi connectivity index (χ3v) is 3.88. The first-order valence-electron chi connectivity index (χ1n) is 7.97. The van der Waals surface area contributed by atoms with Gasteiger partial charge in [-0.15, -0.1) is 0 Å². The smallest absolute Gasteiger partial charge is 0.0685 e. The number of hydrogen-bond acceptors (Lipinski definition) is 5. The first-order chi connectivity index (χ1) is 9.45. The van der Waals surface area contributed by atoms with Crippen LogP contribution in [0.1, 0.15) is 25.7 Å². The van der Waals surface area contributed by atoms with Crippen molar-refractivity contribution in [2.24, 2.45) is 0 Å². The molecule has 2 fully saturated rings. The molecule has 2 aliphatic rings. The molecule has 0 spiro atoms. The van der Waals surface area contributed by atoms with E-state index in [1.165, 1.54) is 38.8 Å². The molecule has 2 N–H and O–H groups in total. The van der Waals surface area contributed by atoms with Crippen molar-refractivity contribution >= 4 is 0 Å². The summed E-state index contributed by atoms with van der Waals surface area (Å²) in [5, 5.41) is 9.18. The Kier molecular flexibility index (Phi) is 7.73. The van der Waals surface area contributed by atoms with Crippen molar-refractivity contribution in [3.8, 4) is 0 Å². The Labute approximate surface area is 117 Å². The van der Waals surface area contributed by atoms with Crippen LogP contribution in [0.5, 0.6) is 0 Å². The van der Waals surface area contributed by atoms with E-state index in [9.17, 15) is 0 Å². The molecule has 0 radical (unpaired) electrons. The molecule has 2 atom stereocenters. The SMILES string of the molecule is C1CCN2CCCNCCNCCCN(CC2)OC1. The zero-order valence-corrected chi connectivity index (χ0v) is 12.2. The molecule has 2 aliphatic heterocycles. The third-order valence-electron chi connectivity index (χ3n) is 3.88. The number of fused-ring (bicyclic) bond motifs is 3. The van der Waals surface area contributed by atoms with Crippen molar-refractivity contribution in [3.05, 3.63) is 0 Å². The van der Waals surface area contributed by atoms with Crippen LogP contribution in [0.3, 0.4) is 0 Å². The van der Waals surface area contributed by atoms with Gasteiger partial charge in [-0.2, -0.15) is 5.06 Å². The Hall–Kier alpha value is -0.200. The molecular weight excluding hydrogens is 240 g/mol. The lowest BCUT2D eigenvalue weighted by Gasteiger charge is -2.25. The van der Waals surface area contributed by atoms with Gasteiger partial charge in [0, 0.05) is 32.7 Å². The number of hydrogen-bond donors (Lipinski definition) is 2. The van der Waals surface area contributed by atoms with Gasteiger partial charge in [-0.1, -0.05) is 0 Å². The second-order valence-electron chi connectivity index (χ2n) is 5.52. The Morgan fingerprint density at radius 1 is 0.632 bits per heavy atom. The fourth-order valence-corrected chi connectivity index (χ4v) is 2.70. The molecule has 0 aromatic heterocycles. The quantitative estimate of drug-likeness (QED) is 0.662. The summed E-state index contributed by atoms with van der Waals surface area (Å²) in [6.45, 7) is 11.0. The maximum atomic E-state index is 5.88. The molecule has 5 nitrogen and oxygen atoms in total. The Morgan fingerprint density at radius 2 is 1.37 bits per heavy atom. The Balaban J connectivity index is 1.82. The molecule has 19 heavy (non-hydrogen) atoms. The summed E-state index contributed by atoms with van der Waals surface area (Å²) in [6.07, 6.45) is 4.87. The normalized spacial score (nSPS) is 32.8. The molecule has 0 saturated carbocycles. The van der Waals surface area contributed by atoms with Gasteiger partial charge in [-0.25, -0.2) is 0 Å². The van der Waals surface area contributed by atoms with E-state index in [-0.39, 0.29) is 0 Å². The molecular formula is C14H30N4O. The van der Waals surface area contributed by atoms with Gasteiger partial charge in [0.2, 0.25) is 0 Å². The highest BCUT2D eigenvalue weighted by Crippen LogP contribution is 2.05. The van der Waals surface area contributed by atoms with Crippen LogP contribution in [0.15, 0.2) is 0 Å². The molecule has 0 aromatic rings. The summed E-state index contributed by atoms with van der Waals surface area (Å²) in [5.74, 6) is 0. The van der Waals surface area contributed by atoms with Crippen molar-refractivity contribution in [2.75, 3.05) is 65.5 Å². The number of nitrogens with one attached hydrogen (secondary N) is 2. The van der Waals surface area contributed by atoms with Crippen LogP contribution in [-0.2, 0) is 4.84 Å². The number of rotatable bonds is 0. The lowest BCUT2D eigenvalue weighted by Crippen LogP contribution is -2.38. The van der Waals surface area contributed by atoms with Gasteiger partial charge in [0.25, 0.3) is 0 Å². The van der Waals surface area contributed by atoms with Gasteiger partial charge in [0.1, 0.15) is 0 Å². The van der Waals surface area contributed by atoms with E-state index in [0.717, 1.165) is 52.4 Å².